The van der Waals surface area contributed by atoms with Crippen molar-refractivity contribution < 1.29 is 18.5 Å². The maximum atomic E-state index is 12.3. The second kappa shape index (κ2) is 4.07. The van der Waals surface area contributed by atoms with Gasteiger partial charge in [-0.1, -0.05) is 0 Å². The Morgan fingerprint density at radius 3 is 2.60 bits per heavy atom. The SMILES string of the molecule is Cc1c([N+](=O)[O-])cnc(C(F)F)c1C=O. The van der Waals surface area contributed by atoms with E-state index in [1.165, 1.54) is 6.92 Å². The van der Waals surface area contributed by atoms with Crippen molar-refractivity contribution in [2.75, 3.05) is 0 Å². The van der Waals surface area contributed by atoms with Gasteiger partial charge in [0.2, 0.25) is 0 Å². The lowest BCUT2D eigenvalue weighted by atomic mass is 10.1. The van der Waals surface area contributed by atoms with E-state index in [0.717, 1.165) is 6.20 Å². The zero-order valence-electron chi connectivity index (χ0n) is 7.61. The van der Waals surface area contributed by atoms with Crippen LogP contribution in [0.15, 0.2) is 6.20 Å². The molecule has 1 aromatic heterocycles. The van der Waals surface area contributed by atoms with Gasteiger partial charge < -0.3 is 0 Å². The molecule has 0 amide bonds. The minimum Gasteiger partial charge on any atom is -0.298 e. The van der Waals surface area contributed by atoms with Crippen LogP contribution in [0.25, 0.3) is 0 Å². The molecule has 0 aromatic carbocycles. The van der Waals surface area contributed by atoms with Crippen LogP contribution in [-0.4, -0.2) is 16.2 Å². The third kappa shape index (κ3) is 1.95. The summed E-state index contributed by atoms with van der Waals surface area (Å²) in [6.07, 6.45) is -2.05. The molecular weight excluding hydrogens is 210 g/mol. The Balaban J connectivity index is 3.45. The largest absolute Gasteiger partial charge is 0.298 e. The molecule has 0 saturated carbocycles. The van der Waals surface area contributed by atoms with Crippen LogP contribution in [0.4, 0.5) is 14.5 Å². The van der Waals surface area contributed by atoms with Crippen LogP contribution in [0, 0.1) is 17.0 Å². The molecular formula is C8H6F2N2O3. The molecule has 5 nitrogen and oxygen atoms in total. The van der Waals surface area contributed by atoms with Crippen molar-refractivity contribution in [3.63, 3.8) is 0 Å². The van der Waals surface area contributed by atoms with E-state index in [0.29, 0.717) is 0 Å². The normalized spacial score (nSPS) is 10.4. The van der Waals surface area contributed by atoms with Crippen molar-refractivity contribution in [3.05, 3.63) is 33.1 Å². The molecule has 0 spiro atoms. The zero-order valence-corrected chi connectivity index (χ0v) is 7.61. The molecule has 0 aliphatic carbocycles. The fraction of sp³-hybridized carbons (Fsp3) is 0.250. The molecule has 0 unspecified atom stereocenters. The van der Waals surface area contributed by atoms with E-state index in [4.69, 9.17) is 0 Å². The van der Waals surface area contributed by atoms with Crippen LogP contribution >= 0.6 is 0 Å². The molecule has 0 bridgehead atoms. The summed E-state index contributed by atoms with van der Waals surface area (Å²) in [5.41, 5.74) is -1.69. The summed E-state index contributed by atoms with van der Waals surface area (Å²) in [5, 5.41) is 10.4. The molecule has 0 N–H and O–H groups in total. The average molecular weight is 216 g/mol. The van der Waals surface area contributed by atoms with Crippen molar-refractivity contribution in [2.24, 2.45) is 0 Å². The first-order valence-electron chi connectivity index (χ1n) is 3.86. The van der Waals surface area contributed by atoms with E-state index in [1.807, 2.05) is 0 Å². The number of nitro groups is 1. The van der Waals surface area contributed by atoms with Gasteiger partial charge in [0.05, 0.1) is 10.5 Å². The minimum absolute atomic E-state index is 0.0969. The lowest BCUT2D eigenvalue weighted by molar-refractivity contribution is -0.385. The summed E-state index contributed by atoms with van der Waals surface area (Å²) in [7, 11) is 0. The Hall–Kier alpha value is -1.92. The Labute approximate surface area is 82.9 Å². The molecule has 1 heterocycles. The van der Waals surface area contributed by atoms with Gasteiger partial charge in [-0.25, -0.2) is 13.8 Å². The molecule has 0 aliphatic rings. The summed E-state index contributed by atoms with van der Waals surface area (Å²) in [6, 6.07) is 0. The van der Waals surface area contributed by atoms with Gasteiger partial charge in [-0.15, -0.1) is 0 Å². The molecule has 80 valence electrons. The highest BCUT2D eigenvalue weighted by Gasteiger charge is 2.22. The van der Waals surface area contributed by atoms with E-state index >= 15 is 0 Å². The number of pyridine rings is 1. The van der Waals surface area contributed by atoms with Crippen LogP contribution < -0.4 is 0 Å². The molecule has 1 rings (SSSR count). The molecule has 0 saturated heterocycles. The predicted octanol–water partition coefficient (Wildman–Crippen LogP) is 2.05. The number of hydrogen-bond donors (Lipinski definition) is 0. The van der Waals surface area contributed by atoms with Crippen molar-refractivity contribution in [1.29, 1.82) is 0 Å². The van der Waals surface area contributed by atoms with Gasteiger partial charge in [0.1, 0.15) is 11.9 Å². The van der Waals surface area contributed by atoms with Crippen LogP contribution in [0.3, 0.4) is 0 Å². The third-order valence-electron chi connectivity index (χ3n) is 1.91. The maximum Gasteiger partial charge on any atom is 0.291 e. The van der Waals surface area contributed by atoms with Crippen LogP contribution in [-0.2, 0) is 0 Å². The smallest absolute Gasteiger partial charge is 0.291 e. The molecule has 0 radical (unpaired) electrons. The number of carbonyl (C=O) groups excluding carboxylic acids is 1. The van der Waals surface area contributed by atoms with E-state index < -0.39 is 28.3 Å². The van der Waals surface area contributed by atoms with Gasteiger partial charge in [-0.2, -0.15) is 0 Å². The van der Waals surface area contributed by atoms with E-state index in [2.05, 4.69) is 4.98 Å². The third-order valence-corrected chi connectivity index (χ3v) is 1.91. The lowest BCUT2D eigenvalue weighted by Gasteiger charge is -2.05. The van der Waals surface area contributed by atoms with Gasteiger partial charge >= 0.3 is 0 Å². The first kappa shape index (κ1) is 11.2. The van der Waals surface area contributed by atoms with Gasteiger partial charge in [-0.05, 0) is 6.92 Å². The van der Waals surface area contributed by atoms with Crippen molar-refractivity contribution >= 4 is 12.0 Å². The average Bonchev–Trinajstić information content (AvgIpc) is 2.16. The minimum atomic E-state index is -2.93. The molecule has 7 heteroatoms. The monoisotopic (exact) mass is 216 g/mol. The number of hydrogen-bond acceptors (Lipinski definition) is 4. The standard InChI is InChI=1S/C8H6F2N2O3/c1-4-5(3-13)7(8(9)10)11-2-6(4)12(14)15/h2-3,8H,1H3. The number of carbonyl (C=O) groups is 1. The highest BCUT2D eigenvalue weighted by molar-refractivity contribution is 5.80. The van der Waals surface area contributed by atoms with Crippen molar-refractivity contribution in [2.45, 2.75) is 13.3 Å². The van der Waals surface area contributed by atoms with Gasteiger partial charge in [0, 0.05) is 5.56 Å². The Bertz CT molecular complexity index is 421. The van der Waals surface area contributed by atoms with E-state index in [9.17, 15) is 23.7 Å². The summed E-state index contributed by atoms with van der Waals surface area (Å²) < 4.78 is 24.7. The quantitative estimate of drug-likeness (QED) is 0.440. The highest BCUT2D eigenvalue weighted by atomic mass is 19.3. The van der Waals surface area contributed by atoms with Crippen LogP contribution in [0.1, 0.15) is 28.0 Å². The fourth-order valence-electron chi connectivity index (χ4n) is 1.13. The first-order valence-corrected chi connectivity index (χ1v) is 3.86. The van der Waals surface area contributed by atoms with E-state index in [-0.39, 0.29) is 11.8 Å². The number of aromatic nitrogens is 1. The molecule has 0 aliphatic heterocycles. The highest BCUT2D eigenvalue weighted by Crippen LogP contribution is 2.27. The fourth-order valence-corrected chi connectivity index (χ4v) is 1.13. The Morgan fingerprint density at radius 1 is 1.60 bits per heavy atom. The lowest BCUT2D eigenvalue weighted by Crippen LogP contribution is -2.04. The van der Waals surface area contributed by atoms with Crippen molar-refractivity contribution in [3.8, 4) is 0 Å². The zero-order chi connectivity index (χ0) is 11.6. The molecule has 0 fully saturated rings. The van der Waals surface area contributed by atoms with Crippen LogP contribution in [0.2, 0.25) is 0 Å². The maximum absolute atomic E-state index is 12.3. The number of rotatable bonds is 3. The molecule has 0 atom stereocenters. The number of alkyl halides is 2. The Morgan fingerprint density at radius 2 is 2.20 bits per heavy atom. The molecule has 1 aromatic rings. The summed E-state index contributed by atoms with van der Waals surface area (Å²) in [6.45, 7) is 1.23. The molecule has 15 heavy (non-hydrogen) atoms. The summed E-state index contributed by atoms with van der Waals surface area (Å²) in [5.74, 6) is 0. The van der Waals surface area contributed by atoms with Gasteiger partial charge in [-0.3, -0.25) is 14.9 Å². The Kier molecular flexibility index (Phi) is 3.03. The summed E-state index contributed by atoms with van der Waals surface area (Å²) in [4.78, 5) is 23.4. The summed E-state index contributed by atoms with van der Waals surface area (Å²) >= 11 is 0. The second-order valence-electron chi connectivity index (χ2n) is 2.74. The van der Waals surface area contributed by atoms with Crippen LogP contribution in [0.5, 0.6) is 0 Å². The van der Waals surface area contributed by atoms with Gasteiger partial charge in [0.15, 0.2) is 6.29 Å². The number of aldehydes is 1. The number of nitrogens with zero attached hydrogens (tertiary/aromatic N) is 2. The predicted molar refractivity (Wildman–Crippen MR) is 46.0 cm³/mol. The van der Waals surface area contributed by atoms with E-state index in [1.54, 1.807) is 0 Å². The first-order chi connectivity index (χ1) is 6.99. The van der Waals surface area contributed by atoms with Gasteiger partial charge in [0.25, 0.3) is 12.1 Å². The topological polar surface area (TPSA) is 73.1 Å². The second-order valence-corrected chi connectivity index (χ2v) is 2.74. The van der Waals surface area contributed by atoms with Crippen molar-refractivity contribution in [1.82, 2.24) is 4.98 Å². The number of halogens is 2.